The zero-order valence-corrected chi connectivity index (χ0v) is 20.7. The van der Waals surface area contributed by atoms with E-state index in [1.54, 1.807) is 12.1 Å². The molecule has 5 nitrogen and oxygen atoms in total. The van der Waals surface area contributed by atoms with Gasteiger partial charge in [-0.1, -0.05) is 20.8 Å². The molecule has 32 heavy (non-hydrogen) atoms. The van der Waals surface area contributed by atoms with E-state index >= 15 is 0 Å². The van der Waals surface area contributed by atoms with Gasteiger partial charge in [0.15, 0.2) is 6.67 Å². The average molecular weight is 465 g/mol. The lowest BCUT2D eigenvalue weighted by Gasteiger charge is -2.39. The zero-order chi connectivity index (χ0) is 23.1. The fraction of sp³-hybridized carbons (Fsp3) is 0.625. The molecule has 1 aromatic rings. The van der Waals surface area contributed by atoms with Gasteiger partial charge in [0.05, 0.1) is 49.0 Å². The quantitative estimate of drug-likeness (QED) is 0.639. The number of aliphatic imine (C=N–C) groups is 1. The summed E-state index contributed by atoms with van der Waals surface area (Å²) in [5.41, 5.74) is 4.30. The van der Waals surface area contributed by atoms with Gasteiger partial charge >= 0.3 is 0 Å². The highest BCUT2D eigenvalue weighted by Gasteiger charge is 2.36. The Morgan fingerprint density at radius 2 is 1.97 bits per heavy atom. The minimum Gasteiger partial charge on any atom is -0.364 e. The molecule has 1 aromatic carbocycles. The van der Waals surface area contributed by atoms with Crippen LogP contribution >= 0.6 is 12.1 Å². The van der Waals surface area contributed by atoms with Crippen LogP contribution in [0.2, 0.25) is 0 Å². The van der Waals surface area contributed by atoms with Gasteiger partial charge in [0, 0.05) is 37.6 Å². The second-order valence-electron chi connectivity index (χ2n) is 10.5. The van der Waals surface area contributed by atoms with Crippen molar-refractivity contribution >= 4 is 34.9 Å². The lowest BCUT2D eigenvalue weighted by atomic mass is 9.85. The van der Waals surface area contributed by atoms with Gasteiger partial charge < -0.3 is 9.21 Å². The van der Waals surface area contributed by atoms with E-state index < -0.39 is 5.92 Å². The second-order valence-corrected chi connectivity index (χ2v) is 11.7. The van der Waals surface area contributed by atoms with Crippen molar-refractivity contribution < 1.29 is 13.7 Å². The van der Waals surface area contributed by atoms with Crippen molar-refractivity contribution in [3.05, 3.63) is 30.6 Å². The summed E-state index contributed by atoms with van der Waals surface area (Å²) in [6.45, 7) is 9.10. The molecule has 0 bridgehead atoms. The van der Waals surface area contributed by atoms with E-state index in [1.807, 2.05) is 0 Å². The van der Waals surface area contributed by atoms with E-state index in [1.165, 1.54) is 4.90 Å². The maximum absolute atomic E-state index is 13.7. The molecule has 3 aliphatic rings. The Labute approximate surface area is 195 Å². The van der Waals surface area contributed by atoms with Gasteiger partial charge in [-0.05, 0) is 37.0 Å². The number of hydrogen-bond donors (Lipinski definition) is 1. The van der Waals surface area contributed by atoms with Gasteiger partial charge in [-0.25, -0.2) is 8.78 Å². The van der Waals surface area contributed by atoms with Crippen LogP contribution in [0.25, 0.3) is 0 Å². The van der Waals surface area contributed by atoms with Gasteiger partial charge in [0.1, 0.15) is 6.20 Å². The molecular formula is C24H36F2N5S+. The van der Waals surface area contributed by atoms with Crippen LogP contribution in [0.5, 0.6) is 0 Å². The maximum atomic E-state index is 13.7. The summed E-state index contributed by atoms with van der Waals surface area (Å²) in [4.78, 5) is 8.78. The van der Waals surface area contributed by atoms with Gasteiger partial charge in [0.25, 0.3) is 0 Å². The Bertz CT molecular complexity index is 885. The van der Waals surface area contributed by atoms with Gasteiger partial charge in [0.2, 0.25) is 5.92 Å². The predicted octanol–water partition coefficient (Wildman–Crippen LogP) is 4.71. The molecule has 0 saturated heterocycles. The molecule has 1 N–H and O–H groups in total. The minimum absolute atomic E-state index is 0.0153. The number of nitrogens with zero attached hydrogens (tertiary/aromatic N) is 4. The van der Waals surface area contributed by atoms with Crippen LogP contribution in [0.4, 0.5) is 25.8 Å². The van der Waals surface area contributed by atoms with Crippen molar-refractivity contribution in [2.45, 2.75) is 52.4 Å². The second kappa shape index (κ2) is 8.86. The van der Waals surface area contributed by atoms with Crippen molar-refractivity contribution in [2.24, 2.45) is 16.3 Å². The van der Waals surface area contributed by atoms with E-state index in [9.17, 15) is 8.78 Å². The molecule has 0 spiro atoms. The minimum atomic E-state index is -2.48. The Morgan fingerprint density at radius 3 is 2.59 bits per heavy atom. The number of anilines is 2. The first-order valence-electron chi connectivity index (χ1n) is 11.5. The molecule has 1 fully saturated rings. The van der Waals surface area contributed by atoms with Crippen LogP contribution in [-0.4, -0.2) is 49.8 Å². The van der Waals surface area contributed by atoms with Crippen LogP contribution in [0.3, 0.4) is 0 Å². The number of nitrogens with one attached hydrogen (secondary N) is 1. The number of fused-ring (bicyclic) bond motifs is 1. The summed E-state index contributed by atoms with van der Waals surface area (Å²) in [5, 5.41) is 0. The Morgan fingerprint density at radius 1 is 1.25 bits per heavy atom. The van der Waals surface area contributed by atoms with E-state index in [-0.39, 0.29) is 18.3 Å². The predicted molar refractivity (Wildman–Crippen MR) is 131 cm³/mol. The molecule has 1 atom stereocenters. The third-order valence-corrected chi connectivity index (χ3v) is 7.51. The van der Waals surface area contributed by atoms with E-state index in [2.05, 4.69) is 79.0 Å². The number of quaternary nitrogens is 1. The smallest absolute Gasteiger partial charge is 0.248 e. The first-order valence-corrected chi connectivity index (χ1v) is 12.3. The third-order valence-electron chi connectivity index (χ3n) is 6.60. The normalized spacial score (nSPS) is 23.3. The zero-order valence-electron chi connectivity index (χ0n) is 19.9. The lowest BCUT2D eigenvalue weighted by molar-refractivity contribution is -0.824. The number of benzene rings is 1. The fourth-order valence-corrected chi connectivity index (χ4v) is 5.39. The van der Waals surface area contributed by atoms with Crippen LogP contribution < -0.4 is 14.1 Å². The summed E-state index contributed by atoms with van der Waals surface area (Å²) < 4.78 is 31.7. The maximum Gasteiger partial charge on any atom is 0.248 e. The fourth-order valence-electron chi connectivity index (χ4n) is 4.50. The summed E-state index contributed by atoms with van der Waals surface area (Å²) in [6.07, 6.45) is 5.48. The topological polar surface area (TPSA) is 26.5 Å². The van der Waals surface area contributed by atoms with E-state index in [4.69, 9.17) is 4.99 Å². The standard InChI is InChI=1S/C24H35F2N5S/c1-23(2,3)22-16-30(15-18-8-10-24(25,26)11-9-18)21-7-6-19(14-20(21)27-22)29(5)32-31-13-12-28(4)17-31/h6-7,12-14,18H,8-11,15-17H2,1-5H3/p+1. The first kappa shape index (κ1) is 23.4. The Hall–Kier alpha value is -1.80. The summed E-state index contributed by atoms with van der Waals surface area (Å²) in [5.74, 6) is -2.17. The molecule has 0 radical (unpaired) electrons. The average Bonchev–Trinajstić information content (AvgIpc) is 3.12. The molecule has 4 rings (SSSR count). The highest BCUT2D eigenvalue weighted by molar-refractivity contribution is 7.98. The van der Waals surface area contributed by atoms with Crippen molar-refractivity contribution in [1.29, 1.82) is 0 Å². The Balaban J connectivity index is 1.54. The molecule has 8 heteroatoms. The highest BCUT2D eigenvalue weighted by atomic mass is 32.2. The lowest BCUT2D eigenvalue weighted by Crippen LogP contribution is -3.03. The third kappa shape index (κ3) is 5.39. The molecule has 0 amide bonds. The molecule has 2 heterocycles. The van der Waals surface area contributed by atoms with Gasteiger partial charge in [-0.15, -0.1) is 0 Å². The van der Waals surface area contributed by atoms with E-state index in [0.717, 1.165) is 42.5 Å². The first-order chi connectivity index (χ1) is 15.0. The monoisotopic (exact) mass is 464 g/mol. The molecule has 1 unspecified atom stereocenters. The molecule has 176 valence electrons. The number of alkyl halides is 2. The van der Waals surface area contributed by atoms with Crippen molar-refractivity contribution in [3.63, 3.8) is 0 Å². The van der Waals surface area contributed by atoms with E-state index in [0.29, 0.717) is 18.8 Å². The molecule has 0 aromatic heterocycles. The van der Waals surface area contributed by atoms with Crippen LogP contribution in [-0.2, 0) is 0 Å². The van der Waals surface area contributed by atoms with Crippen LogP contribution in [0, 0.1) is 11.3 Å². The van der Waals surface area contributed by atoms with Gasteiger partial charge in [-0.2, -0.15) is 0 Å². The largest absolute Gasteiger partial charge is 0.364 e. The number of halogens is 2. The van der Waals surface area contributed by atoms with Crippen molar-refractivity contribution in [3.8, 4) is 0 Å². The van der Waals surface area contributed by atoms with Crippen LogP contribution in [0.1, 0.15) is 46.5 Å². The molecule has 2 aliphatic heterocycles. The van der Waals surface area contributed by atoms with Crippen molar-refractivity contribution in [1.82, 2.24) is 4.31 Å². The number of hydrogen-bond acceptors (Lipinski definition) is 5. The number of rotatable bonds is 5. The highest BCUT2D eigenvalue weighted by Crippen LogP contribution is 2.42. The summed E-state index contributed by atoms with van der Waals surface area (Å²) in [6, 6.07) is 6.45. The summed E-state index contributed by atoms with van der Waals surface area (Å²) >= 11 is 1.68. The molecular weight excluding hydrogens is 428 g/mol. The van der Waals surface area contributed by atoms with Gasteiger partial charge in [-0.3, -0.25) is 14.2 Å². The summed E-state index contributed by atoms with van der Waals surface area (Å²) in [7, 11) is 4.21. The van der Waals surface area contributed by atoms with Crippen LogP contribution in [0.15, 0.2) is 35.6 Å². The molecule has 1 aliphatic carbocycles. The Kier molecular flexibility index (Phi) is 6.47. The molecule has 1 saturated carbocycles. The van der Waals surface area contributed by atoms with Crippen molar-refractivity contribution in [2.75, 3.05) is 43.1 Å². The SMILES string of the molecule is CN(SN1C=C[NH+](C)C1)c1ccc2c(c1)N=C(C(C)(C)C)CN2CC1CCC(F)(F)CC1.